The highest BCUT2D eigenvalue weighted by atomic mass is 32.2. The number of hydrogen-bond donors (Lipinski definition) is 2. The summed E-state index contributed by atoms with van der Waals surface area (Å²) in [5.41, 5.74) is 3.11. The van der Waals surface area contributed by atoms with Crippen molar-refractivity contribution >= 4 is 23.6 Å². The normalized spacial score (nSPS) is 11.2. The molecule has 0 radical (unpaired) electrons. The van der Waals surface area contributed by atoms with Gasteiger partial charge in [0.05, 0.1) is 0 Å². The van der Waals surface area contributed by atoms with Crippen molar-refractivity contribution in [1.82, 2.24) is 15.5 Å². The Labute approximate surface area is 176 Å². The maximum Gasteiger partial charge on any atom is 0.224 e. The Morgan fingerprint density at radius 3 is 2.59 bits per heavy atom. The lowest BCUT2D eigenvalue weighted by atomic mass is 10.1. The Hall–Kier alpha value is -2.54. The smallest absolute Gasteiger partial charge is 0.224 e. The van der Waals surface area contributed by atoms with E-state index in [9.17, 15) is 9.18 Å². The Bertz CT molecular complexity index is 814. The molecule has 0 aliphatic carbocycles. The van der Waals surface area contributed by atoms with E-state index in [2.05, 4.69) is 15.6 Å². The fraction of sp³-hybridized carbons (Fsp3) is 0.364. The average molecular weight is 417 g/mol. The van der Waals surface area contributed by atoms with Gasteiger partial charge in [-0.05, 0) is 35.1 Å². The monoisotopic (exact) mass is 416 g/mol. The Kier molecular flexibility index (Phi) is 9.50. The van der Waals surface area contributed by atoms with Gasteiger partial charge in [-0.25, -0.2) is 4.39 Å². The molecule has 156 valence electrons. The standard InChI is InChI=1S/C22H29FN4OS/c1-24-22(26-14-18-9-10-20(23)13-19(18)16-29-3)25-12-11-21(28)27(2)15-17-7-5-4-6-8-17/h4-10,13H,11-12,14-16H2,1-3H3,(H2,24,25,26). The zero-order chi connectivity index (χ0) is 21.1. The van der Waals surface area contributed by atoms with Gasteiger partial charge in [-0.3, -0.25) is 9.79 Å². The van der Waals surface area contributed by atoms with Crippen LogP contribution in [0.1, 0.15) is 23.1 Å². The molecule has 29 heavy (non-hydrogen) atoms. The predicted octanol–water partition coefficient (Wildman–Crippen LogP) is 3.40. The van der Waals surface area contributed by atoms with E-state index in [0.717, 1.165) is 22.4 Å². The van der Waals surface area contributed by atoms with Gasteiger partial charge in [0, 0.05) is 45.9 Å². The van der Waals surface area contributed by atoms with E-state index < -0.39 is 0 Å². The zero-order valence-corrected chi connectivity index (χ0v) is 18.1. The van der Waals surface area contributed by atoms with Crippen molar-refractivity contribution < 1.29 is 9.18 Å². The third kappa shape index (κ3) is 7.77. The van der Waals surface area contributed by atoms with Crippen molar-refractivity contribution in [2.75, 3.05) is 26.9 Å². The SMILES string of the molecule is CN=C(NCCC(=O)N(C)Cc1ccccc1)NCc1ccc(F)cc1CSC. The Balaban J connectivity index is 1.78. The van der Waals surface area contributed by atoms with Crippen molar-refractivity contribution in [2.24, 2.45) is 4.99 Å². The second-order valence-corrected chi connectivity index (χ2v) is 7.55. The molecule has 0 spiro atoms. The molecule has 0 aliphatic rings. The Morgan fingerprint density at radius 1 is 1.14 bits per heavy atom. The topological polar surface area (TPSA) is 56.7 Å². The number of rotatable bonds is 9. The van der Waals surface area contributed by atoms with Gasteiger partial charge in [0.25, 0.3) is 0 Å². The first kappa shape index (κ1) is 22.7. The van der Waals surface area contributed by atoms with Crippen LogP contribution in [0, 0.1) is 5.82 Å². The van der Waals surface area contributed by atoms with Crippen LogP contribution < -0.4 is 10.6 Å². The molecule has 2 aromatic rings. The molecule has 0 aliphatic heterocycles. The van der Waals surface area contributed by atoms with Gasteiger partial charge in [-0.2, -0.15) is 11.8 Å². The number of aliphatic imine (C=N–C) groups is 1. The van der Waals surface area contributed by atoms with E-state index in [4.69, 9.17) is 0 Å². The van der Waals surface area contributed by atoms with Crippen molar-refractivity contribution in [3.8, 4) is 0 Å². The van der Waals surface area contributed by atoms with Gasteiger partial charge in [0.15, 0.2) is 5.96 Å². The number of guanidine groups is 1. The van der Waals surface area contributed by atoms with Gasteiger partial charge in [-0.15, -0.1) is 0 Å². The number of thioether (sulfide) groups is 1. The second-order valence-electron chi connectivity index (χ2n) is 6.68. The summed E-state index contributed by atoms with van der Waals surface area (Å²) < 4.78 is 13.5. The fourth-order valence-electron chi connectivity index (χ4n) is 2.88. The van der Waals surface area contributed by atoms with Gasteiger partial charge in [0.1, 0.15) is 5.82 Å². The molecule has 2 N–H and O–H groups in total. The zero-order valence-electron chi connectivity index (χ0n) is 17.2. The summed E-state index contributed by atoms with van der Waals surface area (Å²) in [7, 11) is 3.50. The molecule has 0 fully saturated rings. The fourth-order valence-corrected chi connectivity index (χ4v) is 3.46. The molecule has 1 amide bonds. The highest BCUT2D eigenvalue weighted by molar-refractivity contribution is 7.97. The number of benzene rings is 2. The molecular weight excluding hydrogens is 387 g/mol. The van der Waals surface area contributed by atoms with E-state index in [0.29, 0.717) is 32.0 Å². The number of carbonyl (C=O) groups excluding carboxylic acids is 1. The lowest BCUT2D eigenvalue weighted by molar-refractivity contribution is -0.130. The summed E-state index contributed by atoms with van der Waals surface area (Å²) in [4.78, 5) is 18.3. The lowest BCUT2D eigenvalue weighted by Crippen LogP contribution is -2.39. The molecular formula is C22H29FN4OS. The first-order valence-corrected chi connectivity index (χ1v) is 10.9. The molecule has 0 aromatic heterocycles. The van der Waals surface area contributed by atoms with Crippen LogP contribution in [0.25, 0.3) is 0 Å². The molecule has 5 nitrogen and oxygen atoms in total. The lowest BCUT2D eigenvalue weighted by Gasteiger charge is -2.18. The molecule has 0 saturated carbocycles. The average Bonchev–Trinajstić information content (AvgIpc) is 2.72. The largest absolute Gasteiger partial charge is 0.356 e. The van der Waals surface area contributed by atoms with Crippen LogP contribution >= 0.6 is 11.8 Å². The summed E-state index contributed by atoms with van der Waals surface area (Å²) in [6.07, 6.45) is 2.37. The number of carbonyl (C=O) groups is 1. The molecule has 2 rings (SSSR count). The second kappa shape index (κ2) is 12.1. The summed E-state index contributed by atoms with van der Waals surface area (Å²) in [5, 5.41) is 6.39. The first-order chi connectivity index (χ1) is 14.0. The van der Waals surface area contributed by atoms with Crippen LogP contribution in [0.2, 0.25) is 0 Å². The van der Waals surface area contributed by atoms with Crippen LogP contribution in [0.5, 0.6) is 0 Å². The summed E-state index contributed by atoms with van der Waals surface area (Å²) in [6, 6.07) is 14.8. The molecule has 0 unspecified atom stereocenters. The van der Waals surface area contributed by atoms with Crippen molar-refractivity contribution in [2.45, 2.75) is 25.3 Å². The highest BCUT2D eigenvalue weighted by Crippen LogP contribution is 2.16. The molecule has 7 heteroatoms. The summed E-state index contributed by atoms with van der Waals surface area (Å²) >= 11 is 1.66. The number of nitrogens with one attached hydrogen (secondary N) is 2. The van der Waals surface area contributed by atoms with E-state index in [1.54, 1.807) is 35.8 Å². The predicted molar refractivity (Wildman–Crippen MR) is 119 cm³/mol. The minimum atomic E-state index is -0.224. The van der Waals surface area contributed by atoms with E-state index in [1.165, 1.54) is 6.07 Å². The van der Waals surface area contributed by atoms with Crippen LogP contribution in [0.4, 0.5) is 4.39 Å². The number of nitrogens with zero attached hydrogens (tertiary/aromatic N) is 2. The van der Waals surface area contributed by atoms with Crippen LogP contribution in [-0.4, -0.2) is 43.7 Å². The maximum atomic E-state index is 13.5. The van der Waals surface area contributed by atoms with Crippen LogP contribution in [0.15, 0.2) is 53.5 Å². The van der Waals surface area contributed by atoms with Crippen molar-refractivity contribution in [3.63, 3.8) is 0 Å². The first-order valence-electron chi connectivity index (χ1n) is 9.52. The quantitative estimate of drug-likeness (QED) is 0.486. The van der Waals surface area contributed by atoms with E-state index >= 15 is 0 Å². The van der Waals surface area contributed by atoms with Crippen molar-refractivity contribution in [3.05, 3.63) is 71.0 Å². The summed E-state index contributed by atoms with van der Waals surface area (Å²) in [6.45, 7) is 1.62. The number of hydrogen-bond acceptors (Lipinski definition) is 3. The van der Waals surface area contributed by atoms with Crippen LogP contribution in [0.3, 0.4) is 0 Å². The van der Waals surface area contributed by atoms with Crippen molar-refractivity contribution in [1.29, 1.82) is 0 Å². The number of halogens is 1. The molecule has 2 aromatic carbocycles. The minimum Gasteiger partial charge on any atom is -0.356 e. The maximum absolute atomic E-state index is 13.5. The molecule has 0 bridgehead atoms. The molecule has 0 heterocycles. The third-order valence-corrected chi connectivity index (χ3v) is 5.06. The molecule has 0 saturated heterocycles. The van der Waals surface area contributed by atoms with E-state index in [-0.39, 0.29) is 11.7 Å². The van der Waals surface area contributed by atoms with Gasteiger partial charge < -0.3 is 15.5 Å². The summed E-state index contributed by atoms with van der Waals surface area (Å²) in [5.74, 6) is 1.21. The van der Waals surface area contributed by atoms with Gasteiger partial charge in [0.2, 0.25) is 5.91 Å². The Morgan fingerprint density at radius 2 is 1.90 bits per heavy atom. The minimum absolute atomic E-state index is 0.0672. The van der Waals surface area contributed by atoms with Gasteiger partial charge >= 0.3 is 0 Å². The number of amides is 1. The van der Waals surface area contributed by atoms with Gasteiger partial charge in [-0.1, -0.05) is 36.4 Å². The highest BCUT2D eigenvalue weighted by Gasteiger charge is 2.10. The molecule has 0 atom stereocenters. The third-order valence-electron chi connectivity index (χ3n) is 4.46. The van der Waals surface area contributed by atoms with Crippen LogP contribution in [-0.2, 0) is 23.6 Å². The van der Waals surface area contributed by atoms with E-state index in [1.807, 2.05) is 43.6 Å².